The first-order valence-corrected chi connectivity index (χ1v) is 11.8. The van der Waals surface area contributed by atoms with Gasteiger partial charge in [-0.3, -0.25) is 0 Å². The summed E-state index contributed by atoms with van der Waals surface area (Å²) in [5.74, 6) is 0.472. The van der Waals surface area contributed by atoms with Crippen LogP contribution in [0.2, 0.25) is 19.6 Å². The summed E-state index contributed by atoms with van der Waals surface area (Å²) in [5.41, 5.74) is 2.14. The van der Waals surface area contributed by atoms with E-state index in [9.17, 15) is 4.79 Å². The Morgan fingerprint density at radius 2 is 1.60 bits per heavy atom. The van der Waals surface area contributed by atoms with Gasteiger partial charge in [0.2, 0.25) is 0 Å². The number of ether oxygens (including phenoxy) is 2. The van der Waals surface area contributed by atoms with E-state index in [1.165, 1.54) is 7.11 Å². The molecule has 25 heavy (non-hydrogen) atoms. The molecular formula is C20H26O4Si. The van der Waals surface area contributed by atoms with Crippen LogP contribution in [0.25, 0.3) is 0 Å². The molecule has 0 heterocycles. The molecular weight excluding hydrogens is 332 g/mol. The summed E-state index contributed by atoms with van der Waals surface area (Å²) >= 11 is 0. The van der Waals surface area contributed by atoms with Crippen molar-refractivity contribution in [1.29, 1.82) is 0 Å². The Labute approximate surface area is 150 Å². The van der Waals surface area contributed by atoms with Crippen molar-refractivity contribution >= 4 is 14.3 Å². The van der Waals surface area contributed by atoms with E-state index in [-0.39, 0.29) is 5.97 Å². The molecule has 4 nitrogen and oxygen atoms in total. The predicted molar refractivity (Wildman–Crippen MR) is 101 cm³/mol. The van der Waals surface area contributed by atoms with Crippen LogP contribution in [0.15, 0.2) is 54.6 Å². The molecule has 0 unspecified atom stereocenters. The predicted octanol–water partition coefficient (Wildman–Crippen LogP) is 4.20. The SMILES string of the molecule is COC(=O)[C@H](Cc1ccc(OCc2ccccc2)cc1)O[Si](C)(C)C. The molecule has 0 saturated carbocycles. The van der Waals surface area contributed by atoms with Crippen LogP contribution < -0.4 is 4.74 Å². The minimum Gasteiger partial charge on any atom is -0.489 e. The lowest BCUT2D eigenvalue weighted by Gasteiger charge is -2.24. The van der Waals surface area contributed by atoms with Gasteiger partial charge >= 0.3 is 5.97 Å². The van der Waals surface area contributed by atoms with Crippen molar-refractivity contribution in [3.05, 3.63) is 65.7 Å². The Balaban J connectivity index is 1.96. The molecule has 0 aliphatic heterocycles. The normalized spacial score (nSPS) is 12.5. The molecule has 0 spiro atoms. The lowest BCUT2D eigenvalue weighted by atomic mass is 10.1. The minimum atomic E-state index is -1.84. The van der Waals surface area contributed by atoms with Crippen LogP contribution in [0.4, 0.5) is 0 Å². The number of hydrogen-bond donors (Lipinski definition) is 0. The highest BCUT2D eigenvalue weighted by atomic mass is 28.4. The van der Waals surface area contributed by atoms with E-state index in [1.54, 1.807) is 0 Å². The maximum absolute atomic E-state index is 12.0. The molecule has 0 N–H and O–H groups in total. The third kappa shape index (κ3) is 6.72. The molecule has 0 amide bonds. The summed E-state index contributed by atoms with van der Waals surface area (Å²) in [6.45, 7) is 6.71. The van der Waals surface area contributed by atoms with Crippen molar-refractivity contribution in [2.45, 2.75) is 38.8 Å². The van der Waals surface area contributed by atoms with Gasteiger partial charge in [-0.15, -0.1) is 0 Å². The molecule has 0 aromatic heterocycles. The van der Waals surface area contributed by atoms with Crippen LogP contribution in [0.1, 0.15) is 11.1 Å². The van der Waals surface area contributed by atoms with E-state index < -0.39 is 14.4 Å². The van der Waals surface area contributed by atoms with Gasteiger partial charge < -0.3 is 13.9 Å². The molecule has 134 valence electrons. The van der Waals surface area contributed by atoms with Gasteiger partial charge in [0.1, 0.15) is 18.5 Å². The number of hydrogen-bond acceptors (Lipinski definition) is 4. The molecule has 0 radical (unpaired) electrons. The number of carbonyl (C=O) groups excluding carboxylic acids is 1. The van der Waals surface area contributed by atoms with Crippen molar-refractivity contribution in [2.75, 3.05) is 7.11 Å². The van der Waals surface area contributed by atoms with Crippen molar-refractivity contribution in [3.63, 3.8) is 0 Å². The van der Waals surface area contributed by atoms with Gasteiger partial charge in [-0.25, -0.2) is 4.79 Å². The number of methoxy groups -OCH3 is 1. The van der Waals surface area contributed by atoms with Crippen molar-refractivity contribution in [1.82, 2.24) is 0 Å². The number of carbonyl (C=O) groups is 1. The van der Waals surface area contributed by atoms with Crippen LogP contribution in [-0.2, 0) is 27.0 Å². The zero-order valence-corrected chi connectivity index (χ0v) is 16.3. The molecule has 2 aromatic rings. The lowest BCUT2D eigenvalue weighted by molar-refractivity contribution is -0.149. The first-order valence-electron chi connectivity index (χ1n) is 8.39. The lowest BCUT2D eigenvalue weighted by Crippen LogP contribution is -2.38. The number of rotatable bonds is 8. The fourth-order valence-corrected chi connectivity index (χ4v) is 3.44. The molecule has 0 fully saturated rings. The van der Waals surface area contributed by atoms with Gasteiger partial charge in [0.05, 0.1) is 7.11 Å². The third-order valence-corrected chi connectivity index (χ3v) is 4.54. The summed E-state index contributed by atoms with van der Waals surface area (Å²) < 4.78 is 16.6. The van der Waals surface area contributed by atoms with Crippen LogP contribution in [0.5, 0.6) is 5.75 Å². The summed E-state index contributed by atoms with van der Waals surface area (Å²) in [5, 5.41) is 0. The van der Waals surface area contributed by atoms with E-state index in [0.29, 0.717) is 13.0 Å². The highest BCUT2D eigenvalue weighted by molar-refractivity contribution is 6.69. The van der Waals surface area contributed by atoms with Crippen molar-refractivity contribution < 1.29 is 18.7 Å². The van der Waals surface area contributed by atoms with Crippen molar-refractivity contribution in [3.8, 4) is 5.75 Å². The van der Waals surface area contributed by atoms with E-state index in [0.717, 1.165) is 16.9 Å². The summed E-state index contributed by atoms with van der Waals surface area (Å²) in [6.07, 6.45) is -0.0663. The van der Waals surface area contributed by atoms with E-state index in [4.69, 9.17) is 13.9 Å². The molecule has 0 aliphatic rings. The number of benzene rings is 2. The highest BCUT2D eigenvalue weighted by Crippen LogP contribution is 2.18. The van der Waals surface area contributed by atoms with Gasteiger partial charge in [0.25, 0.3) is 0 Å². The molecule has 2 aromatic carbocycles. The zero-order chi connectivity index (χ0) is 18.3. The first kappa shape index (κ1) is 19.2. The van der Waals surface area contributed by atoms with Crippen LogP contribution in [0, 0.1) is 0 Å². The minimum absolute atomic E-state index is 0.327. The summed E-state index contributed by atoms with van der Waals surface area (Å²) in [6, 6.07) is 17.8. The highest BCUT2D eigenvalue weighted by Gasteiger charge is 2.27. The Morgan fingerprint density at radius 3 is 2.16 bits per heavy atom. The third-order valence-electron chi connectivity index (χ3n) is 3.55. The standard InChI is InChI=1S/C20H26O4Si/c1-22-20(21)19(24-25(2,3)4)14-16-10-12-18(13-11-16)23-15-17-8-6-5-7-9-17/h5-13,19H,14-15H2,1-4H3/t19-/m0/s1. The van der Waals surface area contributed by atoms with Gasteiger partial charge in [-0.05, 0) is 42.9 Å². The van der Waals surface area contributed by atoms with Gasteiger partial charge in [-0.2, -0.15) is 0 Å². The topological polar surface area (TPSA) is 44.8 Å². The summed E-state index contributed by atoms with van der Waals surface area (Å²) in [7, 11) is -0.447. The quantitative estimate of drug-likeness (QED) is 0.524. The largest absolute Gasteiger partial charge is 0.489 e. The Hall–Kier alpha value is -2.11. The average molecular weight is 359 g/mol. The number of esters is 1. The Bertz CT molecular complexity index is 662. The van der Waals surface area contributed by atoms with Gasteiger partial charge in [-0.1, -0.05) is 42.5 Å². The molecule has 5 heteroatoms. The monoisotopic (exact) mass is 358 g/mol. The fourth-order valence-electron chi connectivity index (χ4n) is 2.41. The molecule has 0 bridgehead atoms. The van der Waals surface area contributed by atoms with Crippen LogP contribution in [0.3, 0.4) is 0 Å². The van der Waals surface area contributed by atoms with Crippen LogP contribution >= 0.6 is 0 Å². The van der Waals surface area contributed by atoms with Gasteiger partial charge in [0.15, 0.2) is 8.32 Å². The zero-order valence-electron chi connectivity index (χ0n) is 15.3. The van der Waals surface area contributed by atoms with Crippen molar-refractivity contribution in [2.24, 2.45) is 0 Å². The molecule has 0 saturated heterocycles. The second-order valence-corrected chi connectivity index (χ2v) is 11.3. The van der Waals surface area contributed by atoms with Gasteiger partial charge in [0, 0.05) is 6.42 Å². The first-order chi connectivity index (χ1) is 11.9. The van der Waals surface area contributed by atoms with E-state index >= 15 is 0 Å². The average Bonchev–Trinajstić information content (AvgIpc) is 2.59. The molecule has 1 atom stereocenters. The summed E-state index contributed by atoms with van der Waals surface area (Å²) in [4.78, 5) is 12.0. The molecule has 0 aliphatic carbocycles. The van der Waals surface area contributed by atoms with E-state index in [1.807, 2.05) is 54.6 Å². The maximum atomic E-state index is 12.0. The fraction of sp³-hybridized carbons (Fsp3) is 0.350. The second kappa shape index (κ2) is 8.83. The van der Waals surface area contributed by atoms with E-state index in [2.05, 4.69) is 19.6 Å². The Kier molecular flexibility index (Phi) is 6.79. The van der Waals surface area contributed by atoms with Crippen LogP contribution in [-0.4, -0.2) is 27.5 Å². The second-order valence-electron chi connectivity index (χ2n) is 6.86. The Morgan fingerprint density at radius 1 is 0.960 bits per heavy atom. The smallest absolute Gasteiger partial charge is 0.334 e. The maximum Gasteiger partial charge on any atom is 0.334 e. The molecule has 2 rings (SSSR count).